The first-order chi connectivity index (χ1) is 12.5. The highest BCUT2D eigenvalue weighted by Crippen LogP contribution is 2.29. The fraction of sp³-hybridized carbons (Fsp3) is 0.0526. The van der Waals surface area contributed by atoms with Crippen molar-refractivity contribution in [2.24, 2.45) is 0 Å². The number of hydrogen-bond acceptors (Lipinski definition) is 4. The van der Waals surface area contributed by atoms with Gasteiger partial charge in [0.05, 0.1) is 17.0 Å². The monoisotopic (exact) mass is 388 g/mol. The lowest BCUT2D eigenvalue weighted by molar-refractivity contribution is 0.415. The second-order valence-electron chi connectivity index (χ2n) is 5.47. The van der Waals surface area contributed by atoms with Crippen molar-refractivity contribution in [1.29, 1.82) is 0 Å². The van der Waals surface area contributed by atoms with Crippen molar-refractivity contribution >= 4 is 38.7 Å². The second-order valence-corrected chi connectivity index (χ2v) is 7.56. The Hall–Kier alpha value is -2.70. The van der Waals surface area contributed by atoms with E-state index >= 15 is 0 Å². The lowest BCUT2D eigenvalue weighted by Gasteiger charge is -2.11. The fourth-order valence-electron chi connectivity index (χ4n) is 2.35. The van der Waals surface area contributed by atoms with Gasteiger partial charge in [0.15, 0.2) is 0 Å². The van der Waals surface area contributed by atoms with Crippen LogP contribution in [0.1, 0.15) is 0 Å². The third kappa shape index (κ3) is 4.28. The van der Waals surface area contributed by atoms with Crippen LogP contribution < -0.4 is 14.8 Å². The molecule has 0 unspecified atom stereocenters. The molecule has 26 heavy (non-hydrogen) atoms. The molecule has 0 aliphatic rings. The van der Waals surface area contributed by atoms with E-state index in [1.807, 2.05) is 6.07 Å². The Bertz CT molecular complexity index is 991. The van der Waals surface area contributed by atoms with Gasteiger partial charge in [-0.2, -0.15) is 0 Å². The van der Waals surface area contributed by atoms with Crippen LogP contribution in [0.25, 0.3) is 0 Å². The van der Waals surface area contributed by atoms with Gasteiger partial charge in [-0.15, -0.1) is 0 Å². The maximum Gasteiger partial charge on any atom is 0.261 e. The van der Waals surface area contributed by atoms with Crippen LogP contribution in [0.4, 0.5) is 17.1 Å². The first-order valence-electron chi connectivity index (χ1n) is 7.76. The molecule has 0 heterocycles. The summed E-state index contributed by atoms with van der Waals surface area (Å²) in [5.41, 5.74) is 2.08. The highest BCUT2D eigenvalue weighted by Gasteiger charge is 2.13. The molecule has 0 atom stereocenters. The molecule has 0 radical (unpaired) electrons. The number of benzene rings is 3. The molecule has 7 heteroatoms. The predicted molar refractivity (Wildman–Crippen MR) is 105 cm³/mol. The number of hydrogen-bond donors (Lipinski definition) is 2. The minimum atomic E-state index is -3.60. The number of anilines is 3. The maximum atomic E-state index is 12.3. The molecule has 0 fully saturated rings. The maximum absolute atomic E-state index is 12.3. The largest absolute Gasteiger partial charge is 0.495 e. The Morgan fingerprint density at radius 1 is 0.846 bits per heavy atom. The van der Waals surface area contributed by atoms with E-state index in [4.69, 9.17) is 16.3 Å². The number of sulfonamides is 1. The van der Waals surface area contributed by atoms with Crippen molar-refractivity contribution in [2.75, 3.05) is 17.1 Å². The Morgan fingerprint density at radius 3 is 2.08 bits per heavy atom. The van der Waals surface area contributed by atoms with Crippen molar-refractivity contribution in [1.82, 2.24) is 0 Å². The molecule has 0 spiro atoms. The summed E-state index contributed by atoms with van der Waals surface area (Å²) in [5, 5.41) is 3.70. The molecule has 3 aromatic rings. The second kappa shape index (κ2) is 7.68. The van der Waals surface area contributed by atoms with Crippen LogP contribution in [0.15, 0.2) is 77.7 Å². The molecule has 0 bridgehead atoms. The first-order valence-corrected chi connectivity index (χ1v) is 9.62. The molecule has 0 saturated carbocycles. The third-order valence-corrected chi connectivity index (χ3v) is 5.32. The molecule has 0 aliphatic carbocycles. The lowest BCUT2D eigenvalue weighted by atomic mass is 10.2. The molecule has 5 nitrogen and oxygen atoms in total. The van der Waals surface area contributed by atoms with Crippen LogP contribution in [-0.4, -0.2) is 15.5 Å². The third-order valence-electron chi connectivity index (χ3n) is 3.63. The van der Waals surface area contributed by atoms with Gasteiger partial charge in [0.1, 0.15) is 5.75 Å². The molecule has 3 aromatic carbocycles. The topological polar surface area (TPSA) is 67.4 Å². The molecule has 0 aliphatic heterocycles. The zero-order valence-electron chi connectivity index (χ0n) is 13.9. The highest BCUT2D eigenvalue weighted by atomic mass is 35.5. The molecular weight excluding hydrogens is 372 g/mol. The van der Waals surface area contributed by atoms with Crippen LogP contribution in [0.3, 0.4) is 0 Å². The van der Waals surface area contributed by atoms with Gasteiger partial charge in [-0.25, -0.2) is 8.42 Å². The number of ether oxygens (including phenoxy) is 1. The van der Waals surface area contributed by atoms with Crippen molar-refractivity contribution in [2.45, 2.75) is 4.90 Å². The van der Waals surface area contributed by atoms with Crippen LogP contribution in [0, 0.1) is 0 Å². The minimum Gasteiger partial charge on any atom is -0.495 e. The first kappa shape index (κ1) is 18.1. The molecule has 0 amide bonds. The summed E-state index contributed by atoms with van der Waals surface area (Å²) in [5.74, 6) is 0.600. The molecule has 3 rings (SSSR count). The summed E-state index contributed by atoms with van der Waals surface area (Å²) in [6.45, 7) is 0. The fourth-order valence-corrected chi connectivity index (χ4v) is 3.68. The lowest BCUT2D eigenvalue weighted by Crippen LogP contribution is -2.12. The molecule has 134 valence electrons. The number of halogens is 1. The van der Waals surface area contributed by atoms with Crippen LogP contribution in [0.2, 0.25) is 5.02 Å². The molecular formula is C19H17ClN2O3S. The predicted octanol–water partition coefficient (Wildman–Crippen LogP) is 4.89. The van der Waals surface area contributed by atoms with Gasteiger partial charge in [-0.1, -0.05) is 29.8 Å². The molecule has 0 aromatic heterocycles. The average molecular weight is 389 g/mol. The molecule has 2 N–H and O–H groups in total. The standard InChI is InChI=1S/C19H17ClN2O3S/c1-25-19-12-11-16(13-18(19)20)21-14-7-9-15(10-8-14)22-26(23,24)17-5-3-2-4-6-17/h2-13,21-22H,1H3. The van der Waals surface area contributed by atoms with Crippen molar-refractivity contribution in [3.8, 4) is 5.75 Å². The zero-order chi connectivity index (χ0) is 18.6. The normalized spacial score (nSPS) is 11.0. The van der Waals surface area contributed by atoms with E-state index in [-0.39, 0.29) is 4.90 Å². The zero-order valence-corrected chi connectivity index (χ0v) is 15.5. The van der Waals surface area contributed by atoms with E-state index in [1.54, 1.807) is 73.8 Å². The van der Waals surface area contributed by atoms with E-state index in [1.165, 1.54) is 0 Å². The van der Waals surface area contributed by atoms with Crippen molar-refractivity contribution < 1.29 is 13.2 Å². The summed E-state index contributed by atoms with van der Waals surface area (Å²) in [6, 6.07) is 20.5. The van der Waals surface area contributed by atoms with Gasteiger partial charge in [0, 0.05) is 17.1 Å². The SMILES string of the molecule is COc1ccc(Nc2ccc(NS(=O)(=O)c3ccccc3)cc2)cc1Cl. The Labute approximate surface area is 157 Å². The van der Waals surface area contributed by atoms with Crippen LogP contribution >= 0.6 is 11.6 Å². The van der Waals surface area contributed by atoms with E-state index in [0.717, 1.165) is 11.4 Å². The number of rotatable bonds is 6. The Kier molecular flexibility index (Phi) is 5.35. The van der Waals surface area contributed by atoms with Crippen molar-refractivity contribution in [3.63, 3.8) is 0 Å². The number of nitrogens with one attached hydrogen (secondary N) is 2. The average Bonchev–Trinajstić information content (AvgIpc) is 2.64. The van der Waals surface area contributed by atoms with Gasteiger partial charge < -0.3 is 10.1 Å². The van der Waals surface area contributed by atoms with E-state index in [9.17, 15) is 8.42 Å². The highest BCUT2D eigenvalue weighted by molar-refractivity contribution is 7.92. The number of methoxy groups -OCH3 is 1. The van der Waals surface area contributed by atoms with Crippen molar-refractivity contribution in [3.05, 3.63) is 77.8 Å². The quantitative estimate of drug-likeness (QED) is 0.630. The van der Waals surface area contributed by atoms with E-state index in [0.29, 0.717) is 16.5 Å². The Balaban J connectivity index is 1.72. The summed E-state index contributed by atoms with van der Waals surface area (Å²) in [6.07, 6.45) is 0. The summed E-state index contributed by atoms with van der Waals surface area (Å²) < 4.78 is 32.3. The van der Waals surface area contributed by atoms with Gasteiger partial charge in [-0.3, -0.25) is 4.72 Å². The van der Waals surface area contributed by atoms with Gasteiger partial charge in [0.25, 0.3) is 10.0 Å². The van der Waals surface area contributed by atoms with E-state index in [2.05, 4.69) is 10.0 Å². The van der Waals surface area contributed by atoms with E-state index < -0.39 is 10.0 Å². The summed E-state index contributed by atoms with van der Waals surface area (Å²) >= 11 is 6.11. The van der Waals surface area contributed by atoms with Crippen LogP contribution in [0.5, 0.6) is 5.75 Å². The Morgan fingerprint density at radius 2 is 1.46 bits per heavy atom. The van der Waals surface area contributed by atoms with Gasteiger partial charge in [0.2, 0.25) is 0 Å². The summed E-state index contributed by atoms with van der Waals surface area (Å²) in [7, 11) is -2.04. The molecule has 0 saturated heterocycles. The summed E-state index contributed by atoms with van der Waals surface area (Å²) in [4.78, 5) is 0.218. The van der Waals surface area contributed by atoms with Crippen LogP contribution in [-0.2, 0) is 10.0 Å². The smallest absolute Gasteiger partial charge is 0.261 e. The minimum absolute atomic E-state index is 0.218. The van der Waals surface area contributed by atoms with Gasteiger partial charge in [-0.05, 0) is 54.6 Å². The van der Waals surface area contributed by atoms with Gasteiger partial charge >= 0.3 is 0 Å².